The normalized spacial score (nSPS) is 11.2. The number of amides is 1. The van der Waals surface area contributed by atoms with Gasteiger partial charge in [0.2, 0.25) is 11.8 Å². The molecule has 0 saturated carbocycles. The van der Waals surface area contributed by atoms with Gasteiger partial charge in [0.25, 0.3) is 5.22 Å². The Balaban J connectivity index is 2.10. The van der Waals surface area contributed by atoms with Crippen LogP contribution in [0, 0.1) is 0 Å². The first kappa shape index (κ1) is 17.2. The topological polar surface area (TPSA) is 102 Å². The summed E-state index contributed by atoms with van der Waals surface area (Å²) < 4.78 is 29.9. The van der Waals surface area contributed by atoms with Gasteiger partial charge in [-0.1, -0.05) is 17.8 Å². The molecule has 1 amide bonds. The van der Waals surface area contributed by atoms with Crippen LogP contribution in [0.1, 0.15) is 12.8 Å². The molecule has 1 N–H and O–H groups in total. The average Bonchev–Trinajstić information content (AvgIpc) is 2.92. The van der Waals surface area contributed by atoms with Crippen molar-refractivity contribution in [1.82, 2.24) is 10.2 Å². The highest BCUT2D eigenvalue weighted by Crippen LogP contribution is 2.21. The van der Waals surface area contributed by atoms with Crippen LogP contribution in [0.25, 0.3) is 0 Å². The van der Waals surface area contributed by atoms with Crippen molar-refractivity contribution in [2.45, 2.75) is 22.8 Å². The molecule has 0 aliphatic rings. The summed E-state index contributed by atoms with van der Waals surface area (Å²) in [6.07, 6.45) is 1.68. The van der Waals surface area contributed by atoms with Gasteiger partial charge in [-0.25, -0.2) is 8.42 Å². The Morgan fingerprint density at radius 3 is 2.65 bits per heavy atom. The van der Waals surface area contributed by atoms with Crippen molar-refractivity contribution in [3.05, 3.63) is 42.8 Å². The van der Waals surface area contributed by atoms with E-state index >= 15 is 0 Å². The number of nitrogens with zero attached hydrogens (tertiary/aromatic N) is 2. The molecule has 23 heavy (non-hydrogen) atoms. The van der Waals surface area contributed by atoms with Crippen molar-refractivity contribution < 1.29 is 17.6 Å². The first-order valence-electron chi connectivity index (χ1n) is 6.57. The smallest absolute Gasteiger partial charge is 0.276 e. The van der Waals surface area contributed by atoms with Crippen molar-refractivity contribution >= 4 is 33.2 Å². The Kier molecular flexibility index (Phi) is 5.56. The van der Waals surface area contributed by atoms with Crippen LogP contribution >= 0.6 is 11.8 Å². The van der Waals surface area contributed by atoms with Gasteiger partial charge in [0.15, 0.2) is 9.84 Å². The maximum absolute atomic E-state index is 12.3. The molecule has 2 aromatic rings. The van der Waals surface area contributed by atoms with Crippen LogP contribution in [0.4, 0.5) is 5.69 Å². The van der Waals surface area contributed by atoms with Crippen LogP contribution in [0.15, 0.2) is 51.5 Å². The van der Waals surface area contributed by atoms with E-state index in [4.69, 9.17) is 4.42 Å². The van der Waals surface area contributed by atoms with E-state index in [0.717, 1.165) is 0 Å². The summed E-state index contributed by atoms with van der Waals surface area (Å²) in [5.74, 6) is 0.0196. The molecule has 1 aromatic heterocycles. The van der Waals surface area contributed by atoms with Crippen molar-refractivity contribution in [2.75, 3.05) is 11.1 Å². The lowest BCUT2D eigenvalue weighted by Crippen LogP contribution is -2.07. The fourth-order valence-corrected chi connectivity index (χ4v) is 3.35. The van der Waals surface area contributed by atoms with E-state index in [-0.39, 0.29) is 22.4 Å². The Hall–Kier alpha value is -2.13. The second kappa shape index (κ2) is 7.42. The molecule has 0 radical (unpaired) electrons. The lowest BCUT2D eigenvalue weighted by Gasteiger charge is -2.04. The summed E-state index contributed by atoms with van der Waals surface area (Å²) in [6.45, 7) is 4.95. The van der Waals surface area contributed by atoms with Crippen molar-refractivity contribution in [3.63, 3.8) is 0 Å². The Morgan fingerprint density at radius 1 is 1.35 bits per heavy atom. The molecular formula is C14H15N3O4S2. The first-order chi connectivity index (χ1) is 10.9. The summed E-state index contributed by atoms with van der Waals surface area (Å²) in [6, 6.07) is 5.88. The minimum atomic E-state index is -3.60. The predicted octanol–water partition coefficient (Wildman–Crippen LogP) is 2.28. The molecule has 0 spiro atoms. The Bertz CT molecular complexity index is 798. The summed E-state index contributed by atoms with van der Waals surface area (Å²) in [5, 5.41) is 10.4. The van der Waals surface area contributed by atoms with E-state index < -0.39 is 9.84 Å². The number of hydrogen-bond donors (Lipinski definition) is 1. The second-order valence-electron chi connectivity index (χ2n) is 4.53. The third-order valence-corrected chi connectivity index (χ3v) is 5.05. The van der Waals surface area contributed by atoms with Crippen molar-refractivity contribution in [2.24, 2.45) is 0 Å². The lowest BCUT2D eigenvalue weighted by atomic mass is 10.3. The van der Waals surface area contributed by atoms with Gasteiger partial charge in [0, 0.05) is 18.4 Å². The van der Waals surface area contributed by atoms with Gasteiger partial charge in [-0.15, -0.1) is 16.8 Å². The molecule has 9 heteroatoms. The van der Waals surface area contributed by atoms with Gasteiger partial charge >= 0.3 is 0 Å². The maximum Gasteiger partial charge on any atom is 0.276 e. The van der Waals surface area contributed by atoms with Gasteiger partial charge in [-0.05, 0) is 24.3 Å². The standard InChI is InChI=1S/C14H15N3O4S2/c1-3-8-22-14-17-16-13(21-14)9-23(19,20)12-6-4-11(5-7-12)15-10(2)18/h3-7H,1,8-9H2,2H3,(H,15,18). The third-order valence-electron chi connectivity index (χ3n) is 2.62. The summed E-state index contributed by atoms with van der Waals surface area (Å²) >= 11 is 1.28. The molecule has 0 saturated heterocycles. The number of carbonyl (C=O) groups excluding carboxylic acids is 1. The molecule has 2 rings (SSSR count). The largest absolute Gasteiger partial charge is 0.415 e. The molecule has 0 bridgehead atoms. The third kappa shape index (κ3) is 4.93. The van der Waals surface area contributed by atoms with E-state index in [1.54, 1.807) is 6.08 Å². The Morgan fingerprint density at radius 2 is 2.04 bits per heavy atom. The van der Waals surface area contributed by atoms with E-state index in [2.05, 4.69) is 22.1 Å². The zero-order valence-corrected chi connectivity index (χ0v) is 14.0. The summed E-state index contributed by atoms with van der Waals surface area (Å²) in [4.78, 5) is 11.1. The summed E-state index contributed by atoms with van der Waals surface area (Å²) in [7, 11) is -3.60. The fourth-order valence-electron chi connectivity index (χ4n) is 1.68. The number of hydrogen-bond acceptors (Lipinski definition) is 7. The molecule has 1 heterocycles. The maximum atomic E-state index is 12.3. The fraction of sp³-hybridized carbons (Fsp3) is 0.214. The highest BCUT2D eigenvalue weighted by atomic mass is 32.2. The van der Waals surface area contributed by atoms with Gasteiger partial charge in [-0.2, -0.15) is 0 Å². The quantitative estimate of drug-likeness (QED) is 0.602. The van der Waals surface area contributed by atoms with Crippen LogP contribution in [-0.2, 0) is 20.4 Å². The van der Waals surface area contributed by atoms with E-state index in [1.165, 1.54) is 43.0 Å². The Labute approximate surface area is 138 Å². The van der Waals surface area contributed by atoms with E-state index in [9.17, 15) is 13.2 Å². The molecule has 0 fully saturated rings. The number of anilines is 1. The molecule has 0 aliphatic carbocycles. The zero-order valence-electron chi connectivity index (χ0n) is 12.4. The minimum absolute atomic E-state index is 0.0301. The van der Waals surface area contributed by atoms with Crippen LogP contribution in [-0.4, -0.2) is 30.3 Å². The highest BCUT2D eigenvalue weighted by molar-refractivity contribution is 7.99. The number of carbonyl (C=O) groups is 1. The van der Waals surface area contributed by atoms with Gasteiger partial charge in [0.05, 0.1) is 4.90 Å². The van der Waals surface area contributed by atoms with Crippen molar-refractivity contribution in [3.8, 4) is 0 Å². The number of sulfone groups is 1. The van der Waals surface area contributed by atoms with E-state index in [0.29, 0.717) is 16.7 Å². The van der Waals surface area contributed by atoms with Crippen LogP contribution in [0.5, 0.6) is 0 Å². The van der Waals surface area contributed by atoms with Crippen LogP contribution in [0.2, 0.25) is 0 Å². The minimum Gasteiger partial charge on any atom is -0.415 e. The average molecular weight is 353 g/mol. The van der Waals surface area contributed by atoms with E-state index in [1.807, 2.05) is 0 Å². The van der Waals surface area contributed by atoms with Gasteiger partial charge < -0.3 is 9.73 Å². The predicted molar refractivity (Wildman–Crippen MR) is 86.9 cm³/mol. The molecule has 0 aliphatic heterocycles. The van der Waals surface area contributed by atoms with Gasteiger partial charge in [0.1, 0.15) is 5.75 Å². The van der Waals surface area contributed by atoms with Gasteiger partial charge in [-0.3, -0.25) is 4.79 Å². The zero-order chi connectivity index (χ0) is 16.9. The van der Waals surface area contributed by atoms with Crippen LogP contribution < -0.4 is 5.32 Å². The number of thioether (sulfide) groups is 1. The number of aromatic nitrogens is 2. The summed E-state index contributed by atoms with van der Waals surface area (Å²) in [5.41, 5.74) is 0.525. The lowest BCUT2D eigenvalue weighted by molar-refractivity contribution is -0.114. The van der Waals surface area contributed by atoms with Crippen molar-refractivity contribution in [1.29, 1.82) is 0 Å². The van der Waals surface area contributed by atoms with Crippen LogP contribution in [0.3, 0.4) is 0 Å². The monoisotopic (exact) mass is 353 g/mol. The molecular weight excluding hydrogens is 338 g/mol. The first-order valence-corrected chi connectivity index (χ1v) is 9.21. The number of rotatable bonds is 7. The molecule has 122 valence electrons. The SMILES string of the molecule is C=CCSc1nnc(CS(=O)(=O)c2ccc(NC(C)=O)cc2)o1. The molecule has 1 aromatic carbocycles. The number of benzene rings is 1. The molecule has 0 unspecified atom stereocenters. The molecule has 0 atom stereocenters. The molecule has 7 nitrogen and oxygen atoms in total. The second-order valence-corrected chi connectivity index (χ2v) is 7.49. The number of nitrogens with one attached hydrogen (secondary N) is 1. The highest BCUT2D eigenvalue weighted by Gasteiger charge is 2.19.